The summed E-state index contributed by atoms with van der Waals surface area (Å²) in [6, 6.07) is 9.13. The van der Waals surface area contributed by atoms with Crippen LogP contribution >= 0.6 is 0 Å². The molecule has 2 atom stereocenters. The van der Waals surface area contributed by atoms with E-state index in [9.17, 15) is 0 Å². The molecule has 1 fully saturated rings. The molecule has 0 bridgehead atoms. The van der Waals surface area contributed by atoms with Crippen LogP contribution in [0.25, 0.3) is 0 Å². The molecule has 2 rings (SSSR count). The zero-order valence-electron chi connectivity index (χ0n) is 10.7. The maximum atomic E-state index is 5.40. The molecule has 0 aromatic heterocycles. The first-order valence-corrected chi connectivity index (χ1v) is 6.41. The molecule has 1 heterocycles. The Labute approximate surface area is 104 Å². The van der Waals surface area contributed by atoms with Crippen LogP contribution in [-0.4, -0.2) is 26.2 Å². The zero-order chi connectivity index (χ0) is 12.1. The van der Waals surface area contributed by atoms with Crippen LogP contribution in [0.3, 0.4) is 0 Å². The van der Waals surface area contributed by atoms with Gasteiger partial charge in [-0.3, -0.25) is 0 Å². The monoisotopic (exact) mass is 234 g/mol. The number of ether oxygens (including phenoxy) is 1. The van der Waals surface area contributed by atoms with E-state index in [-0.39, 0.29) is 0 Å². The van der Waals surface area contributed by atoms with E-state index in [4.69, 9.17) is 4.74 Å². The maximum Gasteiger partial charge on any atom is 0.123 e. The average Bonchev–Trinajstić information content (AvgIpc) is 2.40. The largest absolute Gasteiger partial charge is 0.496 e. The second-order valence-electron chi connectivity index (χ2n) is 4.67. The summed E-state index contributed by atoms with van der Waals surface area (Å²) in [7, 11) is 1.73. The lowest BCUT2D eigenvalue weighted by Gasteiger charge is -2.28. The highest BCUT2D eigenvalue weighted by Crippen LogP contribution is 2.25. The highest BCUT2D eigenvalue weighted by Gasteiger charge is 2.17. The molecule has 94 valence electrons. The molecule has 0 spiro atoms. The second-order valence-corrected chi connectivity index (χ2v) is 4.67. The molecule has 1 aliphatic heterocycles. The van der Waals surface area contributed by atoms with Crippen LogP contribution in [0.2, 0.25) is 0 Å². The Morgan fingerprint density at radius 3 is 2.94 bits per heavy atom. The van der Waals surface area contributed by atoms with Crippen molar-refractivity contribution >= 4 is 0 Å². The normalized spacial score (nSPS) is 22.1. The first kappa shape index (κ1) is 12.4. The summed E-state index contributed by atoms with van der Waals surface area (Å²) in [5.74, 6) is 0.969. The Morgan fingerprint density at radius 1 is 1.41 bits per heavy atom. The Bertz CT molecular complexity index is 348. The number of piperidine rings is 1. The first-order chi connectivity index (χ1) is 8.31. The van der Waals surface area contributed by atoms with Gasteiger partial charge < -0.3 is 15.4 Å². The molecular weight excluding hydrogens is 212 g/mol. The van der Waals surface area contributed by atoms with Crippen LogP contribution in [0.5, 0.6) is 5.75 Å². The van der Waals surface area contributed by atoms with Gasteiger partial charge in [0.15, 0.2) is 0 Å². The fourth-order valence-corrected chi connectivity index (χ4v) is 2.46. The summed E-state index contributed by atoms with van der Waals surface area (Å²) >= 11 is 0. The van der Waals surface area contributed by atoms with Crippen molar-refractivity contribution in [2.45, 2.75) is 31.8 Å². The maximum absolute atomic E-state index is 5.40. The predicted molar refractivity (Wildman–Crippen MR) is 70.4 cm³/mol. The van der Waals surface area contributed by atoms with Crippen LogP contribution in [0.1, 0.15) is 31.4 Å². The van der Waals surface area contributed by atoms with Crippen molar-refractivity contribution in [3.8, 4) is 5.75 Å². The quantitative estimate of drug-likeness (QED) is 0.837. The zero-order valence-corrected chi connectivity index (χ0v) is 10.7. The third-order valence-corrected chi connectivity index (χ3v) is 3.39. The second kappa shape index (κ2) is 6.03. The highest BCUT2D eigenvalue weighted by molar-refractivity contribution is 5.35. The summed E-state index contributed by atoms with van der Waals surface area (Å²) in [4.78, 5) is 0. The van der Waals surface area contributed by atoms with E-state index in [1.165, 1.54) is 18.4 Å². The van der Waals surface area contributed by atoms with Gasteiger partial charge in [-0.1, -0.05) is 18.2 Å². The van der Waals surface area contributed by atoms with Crippen molar-refractivity contribution in [2.75, 3.05) is 20.2 Å². The Balaban J connectivity index is 2.00. The van der Waals surface area contributed by atoms with Gasteiger partial charge in [-0.15, -0.1) is 0 Å². The van der Waals surface area contributed by atoms with Crippen molar-refractivity contribution < 1.29 is 4.74 Å². The Morgan fingerprint density at radius 2 is 2.24 bits per heavy atom. The molecule has 0 amide bonds. The van der Waals surface area contributed by atoms with Crippen molar-refractivity contribution in [2.24, 2.45) is 0 Å². The van der Waals surface area contributed by atoms with Crippen LogP contribution < -0.4 is 15.4 Å². The molecule has 17 heavy (non-hydrogen) atoms. The lowest BCUT2D eigenvalue weighted by Crippen LogP contribution is -2.43. The molecule has 1 saturated heterocycles. The Hall–Kier alpha value is -1.06. The number of hydrogen-bond acceptors (Lipinski definition) is 3. The summed E-state index contributed by atoms with van der Waals surface area (Å²) in [6.45, 7) is 4.42. The molecule has 1 aromatic rings. The minimum absolute atomic E-state index is 0.330. The number of para-hydroxylation sites is 1. The van der Waals surface area contributed by atoms with Gasteiger partial charge in [0.25, 0.3) is 0 Å². The third-order valence-electron chi connectivity index (χ3n) is 3.39. The molecule has 2 N–H and O–H groups in total. The van der Waals surface area contributed by atoms with Crippen molar-refractivity contribution in [3.05, 3.63) is 29.8 Å². The predicted octanol–water partition coefficient (Wildman–Crippen LogP) is 2.10. The number of methoxy groups -OCH3 is 1. The van der Waals surface area contributed by atoms with E-state index in [1.54, 1.807) is 7.11 Å². The van der Waals surface area contributed by atoms with E-state index in [1.807, 2.05) is 12.1 Å². The SMILES string of the molecule is COc1ccccc1C(C)NC1CCCNC1. The van der Waals surface area contributed by atoms with E-state index < -0.39 is 0 Å². The van der Waals surface area contributed by atoms with Crippen LogP contribution in [-0.2, 0) is 0 Å². The molecule has 1 aliphatic rings. The van der Waals surface area contributed by atoms with Crippen LogP contribution in [0.4, 0.5) is 0 Å². The summed E-state index contributed by atoms with van der Waals surface area (Å²) < 4.78 is 5.40. The molecule has 0 aliphatic carbocycles. The lowest BCUT2D eigenvalue weighted by molar-refractivity contribution is 0.352. The molecule has 2 unspecified atom stereocenters. The molecule has 1 aromatic carbocycles. The fraction of sp³-hybridized carbons (Fsp3) is 0.571. The molecule has 0 radical (unpaired) electrons. The van der Waals surface area contributed by atoms with E-state index in [2.05, 4.69) is 29.7 Å². The van der Waals surface area contributed by atoms with Crippen molar-refractivity contribution in [1.29, 1.82) is 0 Å². The van der Waals surface area contributed by atoms with Crippen molar-refractivity contribution in [1.82, 2.24) is 10.6 Å². The van der Waals surface area contributed by atoms with Gasteiger partial charge in [0.2, 0.25) is 0 Å². The van der Waals surface area contributed by atoms with Gasteiger partial charge in [0, 0.05) is 24.2 Å². The van der Waals surface area contributed by atoms with E-state index in [0.717, 1.165) is 18.8 Å². The van der Waals surface area contributed by atoms with Gasteiger partial charge in [0.1, 0.15) is 5.75 Å². The minimum atomic E-state index is 0.330. The van der Waals surface area contributed by atoms with Crippen LogP contribution in [0, 0.1) is 0 Å². The van der Waals surface area contributed by atoms with E-state index >= 15 is 0 Å². The first-order valence-electron chi connectivity index (χ1n) is 6.41. The number of benzene rings is 1. The lowest BCUT2D eigenvalue weighted by atomic mass is 10.0. The topological polar surface area (TPSA) is 33.3 Å². The minimum Gasteiger partial charge on any atom is -0.496 e. The molecule has 0 saturated carbocycles. The number of rotatable bonds is 4. The highest BCUT2D eigenvalue weighted by atomic mass is 16.5. The number of nitrogens with one attached hydrogen (secondary N) is 2. The summed E-state index contributed by atoms with van der Waals surface area (Å²) in [5, 5.41) is 7.09. The molecule has 3 nitrogen and oxygen atoms in total. The fourth-order valence-electron chi connectivity index (χ4n) is 2.46. The number of hydrogen-bond donors (Lipinski definition) is 2. The van der Waals surface area contributed by atoms with Gasteiger partial charge in [-0.25, -0.2) is 0 Å². The standard InChI is InChI=1S/C14H22N2O/c1-11(16-12-6-5-9-15-10-12)13-7-3-4-8-14(13)17-2/h3-4,7-8,11-12,15-16H,5-6,9-10H2,1-2H3. The van der Waals surface area contributed by atoms with Gasteiger partial charge >= 0.3 is 0 Å². The van der Waals surface area contributed by atoms with Gasteiger partial charge in [0.05, 0.1) is 7.11 Å². The summed E-state index contributed by atoms with van der Waals surface area (Å²) in [6.07, 6.45) is 2.52. The Kier molecular flexibility index (Phi) is 4.40. The third kappa shape index (κ3) is 3.20. The molecule has 3 heteroatoms. The van der Waals surface area contributed by atoms with Gasteiger partial charge in [-0.2, -0.15) is 0 Å². The van der Waals surface area contributed by atoms with Gasteiger partial charge in [-0.05, 0) is 32.4 Å². The molecular formula is C14H22N2O. The van der Waals surface area contributed by atoms with Crippen LogP contribution in [0.15, 0.2) is 24.3 Å². The smallest absolute Gasteiger partial charge is 0.123 e. The average molecular weight is 234 g/mol. The van der Waals surface area contributed by atoms with Crippen molar-refractivity contribution in [3.63, 3.8) is 0 Å². The van der Waals surface area contributed by atoms with E-state index in [0.29, 0.717) is 12.1 Å². The summed E-state index contributed by atoms with van der Waals surface area (Å²) in [5.41, 5.74) is 1.24.